The predicted octanol–water partition coefficient (Wildman–Crippen LogP) is 1.93. The van der Waals surface area contributed by atoms with Gasteiger partial charge in [0.15, 0.2) is 0 Å². The van der Waals surface area contributed by atoms with E-state index >= 15 is 0 Å². The fourth-order valence-corrected chi connectivity index (χ4v) is 2.50. The molecule has 1 saturated heterocycles. The van der Waals surface area contributed by atoms with Crippen molar-refractivity contribution in [3.63, 3.8) is 0 Å². The Hall–Kier alpha value is -1.35. The summed E-state index contributed by atoms with van der Waals surface area (Å²) in [5.41, 5.74) is 9.28. The van der Waals surface area contributed by atoms with E-state index in [1.807, 2.05) is 4.90 Å². The number of likely N-dealkylation sites (tertiary alicyclic amines) is 1. The summed E-state index contributed by atoms with van der Waals surface area (Å²) in [7, 11) is 0. The standard InChI is InChI=1S/C14H20N2O/c1-10-5-6-12(8-11(10)2)13-4-3-7-16(13)14(17)9-15/h5-6,8,13H,3-4,7,9,15H2,1-2H3/t13-/m0/s1. The highest BCUT2D eigenvalue weighted by Crippen LogP contribution is 2.32. The van der Waals surface area contributed by atoms with E-state index in [-0.39, 0.29) is 18.5 Å². The van der Waals surface area contributed by atoms with Crippen molar-refractivity contribution >= 4 is 5.91 Å². The molecular weight excluding hydrogens is 212 g/mol. The quantitative estimate of drug-likeness (QED) is 0.847. The van der Waals surface area contributed by atoms with Crippen molar-refractivity contribution in [3.05, 3.63) is 34.9 Å². The van der Waals surface area contributed by atoms with Crippen molar-refractivity contribution in [2.24, 2.45) is 5.73 Å². The molecule has 0 spiro atoms. The first kappa shape index (κ1) is 12.1. The summed E-state index contributed by atoms with van der Waals surface area (Å²) in [6.45, 7) is 5.18. The molecule has 0 radical (unpaired) electrons. The lowest BCUT2D eigenvalue weighted by molar-refractivity contribution is -0.130. The van der Waals surface area contributed by atoms with E-state index in [1.165, 1.54) is 16.7 Å². The molecule has 0 unspecified atom stereocenters. The van der Waals surface area contributed by atoms with Crippen molar-refractivity contribution in [3.8, 4) is 0 Å². The van der Waals surface area contributed by atoms with Gasteiger partial charge in [-0.25, -0.2) is 0 Å². The van der Waals surface area contributed by atoms with Gasteiger partial charge in [-0.2, -0.15) is 0 Å². The SMILES string of the molecule is Cc1ccc([C@@H]2CCCN2C(=O)CN)cc1C. The van der Waals surface area contributed by atoms with Crippen LogP contribution in [0, 0.1) is 13.8 Å². The monoisotopic (exact) mass is 232 g/mol. The van der Waals surface area contributed by atoms with Crippen molar-refractivity contribution in [1.82, 2.24) is 4.90 Å². The molecule has 2 N–H and O–H groups in total. The molecule has 1 atom stereocenters. The molecule has 1 aromatic rings. The summed E-state index contributed by atoms with van der Waals surface area (Å²) < 4.78 is 0. The molecule has 0 bridgehead atoms. The molecule has 92 valence electrons. The minimum Gasteiger partial charge on any atom is -0.335 e. The minimum atomic E-state index is 0.0609. The number of hydrogen-bond acceptors (Lipinski definition) is 2. The maximum Gasteiger partial charge on any atom is 0.236 e. The Morgan fingerprint density at radius 1 is 1.41 bits per heavy atom. The molecule has 3 nitrogen and oxygen atoms in total. The predicted molar refractivity (Wildman–Crippen MR) is 68.7 cm³/mol. The Labute approximate surface area is 103 Å². The lowest BCUT2D eigenvalue weighted by atomic mass is 9.99. The van der Waals surface area contributed by atoms with Gasteiger partial charge in [-0.1, -0.05) is 18.2 Å². The van der Waals surface area contributed by atoms with Gasteiger partial charge in [0.2, 0.25) is 5.91 Å². The summed E-state index contributed by atoms with van der Waals surface area (Å²) in [5, 5.41) is 0. The van der Waals surface area contributed by atoms with E-state index in [9.17, 15) is 4.79 Å². The second-order valence-corrected chi connectivity index (χ2v) is 4.79. The Morgan fingerprint density at radius 2 is 2.18 bits per heavy atom. The van der Waals surface area contributed by atoms with Gasteiger partial charge in [-0.15, -0.1) is 0 Å². The zero-order valence-corrected chi connectivity index (χ0v) is 10.6. The van der Waals surface area contributed by atoms with Gasteiger partial charge < -0.3 is 10.6 Å². The lowest BCUT2D eigenvalue weighted by Gasteiger charge is -2.25. The third kappa shape index (κ3) is 2.34. The summed E-state index contributed by atoms with van der Waals surface area (Å²) in [6.07, 6.45) is 2.12. The van der Waals surface area contributed by atoms with E-state index in [2.05, 4.69) is 32.0 Å². The first-order chi connectivity index (χ1) is 8.13. The zero-order valence-electron chi connectivity index (χ0n) is 10.6. The topological polar surface area (TPSA) is 46.3 Å². The zero-order chi connectivity index (χ0) is 12.4. The number of nitrogens with two attached hydrogens (primary N) is 1. The molecule has 3 heteroatoms. The summed E-state index contributed by atoms with van der Waals surface area (Å²) >= 11 is 0. The van der Waals surface area contributed by atoms with Crippen LogP contribution in [0.1, 0.15) is 35.6 Å². The second-order valence-electron chi connectivity index (χ2n) is 4.79. The van der Waals surface area contributed by atoms with Crippen molar-refractivity contribution < 1.29 is 4.79 Å². The Morgan fingerprint density at radius 3 is 2.82 bits per heavy atom. The fourth-order valence-electron chi connectivity index (χ4n) is 2.50. The highest BCUT2D eigenvalue weighted by Gasteiger charge is 2.29. The van der Waals surface area contributed by atoms with Gasteiger partial charge >= 0.3 is 0 Å². The number of amides is 1. The van der Waals surface area contributed by atoms with Crippen LogP contribution in [-0.2, 0) is 4.79 Å². The molecule has 0 aliphatic carbocycles. The van der Waals surface area contributed by atoms with Crippen LogP contribution in [0.5, 0.6) is 0 Å². The van der Waals surface area contributed by atoms with Crippen LogP contribution in [0.4, 0.5) is 0 Å². The Bertz CT molecular complexity index is 428. The summed E-state index contributed by atoms with van der Waals surface area (Å²) in [5.74, 6) is 0.0609. The van der Waals surface area contributed by atoms with E-state index in [0.717, 1.165) is 19.4 Å². The molecule has 17 heavy (non-hydrogen) atoms. The number of rotatable bonds is 2. The van der Waals surface area contributed by atoms with E-state index in [1.54, 1.807) is 0 Å². The van der Waals surface area contributed by atoms with Gasteiger partial charge in [-0.05, 0) is 43.4 Å². The second kappa shape index (κ2) is 4.88. The number of aryl methyl sites for hydroxylation is 2. The number of benzene rings is 1. The van der Waals surface area contributed by atoms with Gasteiger partial charge in [0.05, 0.1) is 12.6 Å². The molecule has 1 aliphatic heterocycles. The van der Waals surface area contributed by atoms with E-state index < -0.39 is 0 Å². The molecule has 1 aromatic carbocycles. The molecular formula is C14H20N2O. The maximum atomic E-state index is 11.8. The molecule has 1 aliphatic rings. The largest absolute Gasteiger partial charge is 0.335 e. The van der Waals surface area contributed by atoms with Gasteiger partial charge in [-0.3, -0.25) is 4.79 Å². The molecule has 1 heterocycles. The smallest absolute Gasteiger partial charge is 0.236 e. The molecule has 0 aromatic heterocycles. The third-order valence-corrected chi connectivity index (χ3v) is 3.66. The summed E-state index contributed by atoms with van der Waals surface area (Å²) in [4.78, 5) is 13.7. The highest BCUT2D eigenvalue weighted by molar-refractivity contribution is 5.78. The minimum absolute atomic E-state index is 0.0609. The average Bonchev–Trinajstić information content (AvgIpc) is 2.80. The molecule has 2 rings (SSSR count). The summed E-state index contributed by atoms with van der Waals surface area (Å²) in [6, 6.07) is 6.69. The maximum absolute atomic E-state index is 11.8. The van der Waals surface area contributed by atoms with Crippen LogP contribution in [0.15, 0.2) is 18.2 Å². The van der Waals surface area contributed by atoms with Gasteiger partial charge in [0.1, 0.15) is 0 Å². The van der Waals surface area contributed by atoms with E-state index in [0.29, 0.717) is 0 Å². The molecule has 1 fully saturated rings. The average molecular weight is 232 g/mol. The van der Waals surface area contributed by atoms with Crippen LogP contribution in [-0.4, -0.2) is 23.9 Å². The first-order valence-corrected chi connectivity index (χ1v) is 6.20. The van der Waals surface area contributed by atoms with Crippen LogP contribution in [0.3, 0.4) is 0 Å². The highest BCUT2D eigenvalue weighted by atomic mass is 16.2. The van der Waals surface area contributed by atoms with Crippen LogP contribution >= 0.6 is 0 Å². The number of hydrogen-bond donors (Lipinski definition) is 1. The van der Waals surface area contributed by atoms with Gasteiger partial charge in [0.25, 0.3) is 0 Å². The Balaban J connectivity index is 2.26. The van der Waals surface area contributed by atoms with Crippen molar-refractivity contribution in [2.45, 2.75) is 32.7 Å². The lowest BCUT2D eigenvalue weighted by Crippen LogP contribution is -2.35. The number of carbonyl (C=O) groups is 1. The first-order valence-electron chi connectivity index (χ1n) is 6.20. The fraction of sp³-hybridized carbons (Fsp3) is 0.500. The number of nitrogens with zero attached hydrogens (tertiary/aromatic N) is 1. The van der Waals surface area contributed by atoms with Crippen LogP contribution in [0.25, 0.3) is 0 Å². The third-order valence-electron chi connectivity index (χ3n) is 3.66. The van der Waals surface area contributed by atoms with Crippen LogP contribution in [0.2, 0.25) is 0 Å². The molecule has 0 saturated carbocycles. The normalized spacial score (nSPS) is 19.7. The van der Waals surface area contributed by atoms with Gasteiger partial charge in [0, 0.05) is 6.54 Å². The molecule has 1 amide bonds. The van der Waals surface area contributed by atoms with Crippen molar-refractivity contribution in [1.29, 1.82) is 0 Å². The van der Waals surface area contributed by atoms with E-state index in [4.69, 9.17) is 5.73 Å². The number of carbonyl (C=O) groups excluding carboxylic acids is 1. The van der Waals surface area contributed by atoms with Crippen molar-refractivity contribution in [2.75, 3.05) is 13.1 Å². The van der Waals surface area contributed by atoms with Crippen LogP contribution < -0.4 is 5.73 Å². The Kier molecular flexibility index (Phi) is 3.48.